The molecule has 1 nitrogen and oxygen atoms in total. The zero-order valence-corrected chi connectivity index (χ0v) is 13.3. The first-order chi connectivity index (χ1) is 9.04. The van der Waals surface area contributed by atoms with Gasteiger partial charge in [0.1, 0.15) is 5.82 Å². The Morgan fingerprint density at radius 1 is 1.00 bits per heavy atom. The van der Waals surface area contributed by atoms with Crippen LogP contribution >= 0.6 is 31.9 Å². The Morgan fingerprint density at radius 3 is 2.32 bits per heavy atom. The molecule has 0 amide bonds. The van der Waals surface area contributed by atoms with E-state index in [0.717, 1.165) is 15.6 Å². The molecule has 1 unspecified atom stereocenters. The van der Waals surface area contributed by atoms with E-state index in [1.807, 2.05) is 24.3 Å². The Hall–Kier alpha value is -0.710. The van der Waals surface area contributed by atoms with Crippen LogP contribution in [0.15, 0.2) is 51.4 Å². The molecule has 0 fully saturated rings. The minimum Gasteiger partial charge on any atom is -0.392 e. The molecule has 2 rings (SSSR count). The monoisotopic (exact) mass is 386 g/mol. The summed E-state index contributed by atoms with van der Waals surface area (Å²) in [7, 11) is 0. The summed E-state index contributed by atoms with van der Waals surface area (Å²) in [5.41, 5.74) is 1.99. The number of halogens is 3. The average molecular weight is 388 g/mol. The van der Waals surface area contributed by atoms with E-state index >= 15 is 0 Å². The van der Waals surface area contributed by atoms with Gasteiger partial charge in [-0.15, -0.1) is 0 Å². The van der Waals surface area contributed by atoms with Crippen molar-refractivity contribution in [2.75, 3.05) is 0 Å². The van der Waals surface area contributed by atoms with Crippen LogP contribution in [0.4, 0.5) is 4.39 Å². The molecule has 0 aliphatic carbocycles. The van der Waals surface area contributed by atoms with Gasteiger partial charge in [-0.3, -0.25) is 0 Å². The van der Waals surface area contributed by atoms with Crippen molar-refractivity contribution in [3.63, 3.8) is 0 Å². The molecule has 0 bridgehead atoms. The molecular formula is C15H13Br2FO. The maximum absolute atomic E-state index is 13.0. The number of hydrogen-bond acceptors (Lipinski definition) is 1. The van der Waals surface area contributed by atoms with E-state index < -0.39 is 6.10 Å². The zero-order valence-electron chi connectivity index (χ0n) is 10.1. The molecule has 2 aromatic carbocycles. The summed E-state index contributed by atoms with van der Waals surface area (Å²) in [6, 6.07) is 12.4. The molecule has 0 aliphatic rings. The van der Waals surface area contributed by atoms with Crippen LogP contribution in [0.3, 0.4) is 0 Å². The molecule has 1 atom stereocenters. The highest BCUT2D eigenvalue weighted by Crippen LogP contribution is 2.21. The summed E-state index contributed by atoms with van der Waals surface area (Å²) in [4.78, 5) is 0. The summed E-state index contributed by atoms with van der Waals surface area (Å²) in [5.74, 6) is -0.280. The number of aliphatic hydroxyl groups excluding tert-OH is 1. The van der Waals surface area contributed by atoms with E-state index in [-0.39, 0.29) is 5.82 Å². The van der Waals surface area contributed by atoms with Crippen LogP contribution in [0.5, 0.6) is 0 Å². The molecule has 0 radical (unpaired) electrons. The zero-order chi connectivity index (χ0) is 13.8. The highest BCUT2D eigenvalue weighted by Gasteiger charge is 2.10. The standard InChI is InChI=1S/C15H13Br2FO/c16-12-4-1-10(2-5-12)7-14(19)8-11-3-6-13(18)9-15(11)17/h1-6,9,14,19H,7-8H2. The fourth-order valence-electron chi connectivity index (χ4n) is 1.91. The smallest absolute Gasteiger partial charge is 0.124 e. The highest BCUT2D eigenvalue weighted by atomic mass is 79.9. The molecule has 1 N–H and O–H groups in total. The SMILES string of the molecule is OC(Cc1ccc(Br)cc1)Cc1ccc(F)cc1Br. The maximum Gasteiger partial charge on any atom is 0.124 e. The van der Waals surface area contributed by atoms with E-state index in [1.54, 1.807) is 6.07 Å². The van der Waals surface area contributed by atoms with E-state index in [4.69, 9.17) is 0 Å². The van der Waals surface area contributed by atoms with Gasteiger partial charge in [0.2, 0.25) is 0 Å². The number of hydrogen-bond donors (Lipinski definition) is 1. The molecule has 4 heteroatoms. The van der Waals surface area contributed by atoms with Crippen LogP contribution in [0.1, 0.15) is 11.1 Å². The quantitative estimate of drug-likeness (QED) is 0.818. The van der Waals surface area contributed by atoms with E-state index in [9.17, 15) is 9.50 Å². The van der Waals surface area contributed by atoms with Crippen LogP contribution in [0.2, 0.25) is 0 Å². The molecular weight excluding hydrogens is 375 g/mol. The second-order valence-corrected chi connectivity index (χ2v) is 6.19. The van der Waals surface area contributed by atoms with Crippen molar-refractivity contribution in [3.05, 3.63) is 68.4 Å². The van der Waals surface area contributed by atoms with Gasteiger partial charge in [0.05, 0.1) is 6.10 Å². The second-order valence-electron chi connectivity index (χ2n) is 4.42. The van der Waals surface area contributed by atoms with Crippen LogP contribution in [0, 0.1) is 5.82 Å². The van der Waals surface area contributed by atoms with Gasteiger partial charge in [0, 0.05) is 8.95 Å². The van der Waals surface area contributed by atoms with Crippen LogP contribution in [-0.4, -0.2) is 11.2 Å². The van der Waals surface area contributed by atoms with Crippen molar-refractivity contribution in [3.8, 4) is 0 Å². The van der Waals surface area contributed by atoms with Gasteiger partial charge in [-0.25, -0.2) is 4.39 Å². The Bertz CT molecular complexity index is 555. The van der Waals surface area contributed by atoms with Gasteiger partial charge < -0.3 is 5.11 Å². The second kappa shape index (κ2) is 6.64. The lowest BCUT2D eigenvalue weighted by Gasteiger charge is -2.12. The predicted molar refractivity (Wildman–Crippen MR) is 81.7 cm³/mol. The summed E-state index contributed by atoms with van der Waals surface area (Å²) in [5, 5.41) is 10.1. The summed E-state index contributed by atoms with van der Waals surface area (Å²) in [6.45, 7) is 0. The van der Waals surface area contributed by atoms with Gasteiger partial charge >= 0.3 is 0 Å². The molecule has 100 valence electrons. The summed E-state index contributed by atoms with van der Waals surface area (Å²) in [6.07, 6.45) is 0.594. The Labute approximate surface area is 128 Å². The first kappa shape index (κ1) is 14.7. The first-order valence-corrected chi connectivity index (χ1v) is 7.49. The van der Waals surface area contributed by atoms with Crippen LogP contribution < -0.4 is 0 Å². The summed E-state index contributed by atoms with van der Waals surface area (Å²) < 4.78 is 14.7. The number of rotatable bonds is 4. The van der Waals surface area contributed by atoms with Gasteiger partial charge in [-0.1, -0.05) is 50.1 Å². The fourth-order valence-corrected chi connectivity index (χ4v) is 2.68. The molecule has 0 spiro atoms. The molecule has 0 saturated carbocycles. The molecule has 2 aromatic rings. The van der Waals surface area contributed by atoms with E-state index in [1.165, 1.54) is 12.1 Å². The van der Waals surface area contributed by atoms with Crippen molar-refractivity contribution < 1.29 is 9.50 Å². The topological polar surface area (TPSA) is 20.2 Å². The van der Waals surface area contributed by atoms with E-state index in [0.29, 0.717) is 17.3 Å². The van der Waals surface area contributed by atoms with Crippen molar-refractivity contribution in [1.82, 2.24) is 0 Å². The lowest BCUT2D eigenvalue weighted by molar-refractivity contribution is 0.175. The predicted octanol–water partition coefficient (Wildman–Crippen LogP) is 4.50. The van der Waals surface area contributed by atoms with E-state index in [2.05, 4.69) is 31.9 Å². The number of benzene rings is 2. The molecule has 0 aliphatic heterocycles. The third-order valence-corrected chi connectivity index (χ3v) is 4.12. The fraction of sp³-hybridized carbons (Fsp3) is 0.200. The van der Waals surface area contributed by atoms with Crippen molar-refractivity contribution in [1.29, 1.82) is 0 Å². The third kappa shape index (κ3) is 4.41. The van der Waals surface area contributed by atoms with Crippen LogP contribution in [0.25, 0.3) is 0 Å². The minimum absolute atomic E-state index is 0.280. The summed E-state index contributed by atoms with van der Waals surface area (Å²) >= 11 is 6.69. The minimum atomic E-state index is -0.483. The van der Waals surface area contributed by atoms with Gasteiger partial charge in [-0.05, 0) is 48.2 Å². The third-order valence-electron chi connectivity index (χ3n) is 2.86. The van der Waals surface area contributed by atoms with Gasteiger partial charge in [-0.2, -0.15) is 0 Å². The molecule has 0 heterocycles. The Kier molecular flexibility index (Phi) is 5.13. The normalized spacial score (nSPS) is 12.4. The van der Waals surface area contributed by atoms with Crippen LogP contribution in [-0.2, 0) is 12.8 Å². The Morgan fingerprint density at radius 2 is 1.68 bits per heavy atom. The first-order valence-electron chi connectivity index (χ1n) is 5.91. The lowest BCUT2D eigenvalue weighted by atomic mass is 10.0. The highest BCUT2D eigenvalue weighted by molar-refractivity contribution is 9.10. The van der Waals surface area contributed by atoms with Crippen molar-refractivity contribution in [2.24, 2.45) is 0 Å². The van der Waals surface area contributed by atoms with Crippen molar-refractivity contribution in [2.45, 2.75) is 18.9 Å². The molecule has 0 saturated heterocycles. The molecule has 0 aromatic heterocycles. The largest absolute Gasteiger partial charge is 0.392 e. The maximum atomic E-state index is 13.0. The van der Waals surface area contributed by atoms with Crippen molar-refractivity contribution >= 4 is 31.9 Å². The van der Waals surface area contributed by atoms with Gasteiger partial charge in [0.25, 0.3) is 0 Å². The molecule has 19 heavy (non-hydrogen) atoms. The average Bonchev–Trinajstić information content (AvgIpc) is 2.36. The number of aliphatic hydroxyl groups is 1. The van der Waals surface area contributed by atoms with Gasteiger partial charge in [0.15, 0.2) is 0 Å². The Balaban J connectivity index is 2.01. The lowest BCUT2D eigenvalue weighted by Crippen LogP contribution is -2.14.